The number of fused-ring (bicyclic) bond motifs is 1. The predicted octanol–water partition coefficient (Wildman–Crippen LogP) is 3.83. The van der Waals surface area contributed by atoms with E-state index >= 15 is 0 Å². The molecule has 1 aromatic carbocycles. The van der Waals surface area contributed by atoms with Crippen molar-refractivity contribution in [3.05, 3.63) is 46.8 Å². The fourth-order valence-electron chi connectivity index (χ4n) is 2.89. The van der Waals surface area contributed by atoms with Gasteiger partial charge >= 0.3 is 0 Å². The largest absolute Gasteiger partial charge is 0.306 e. The van der Waals surface area contributed by atoms with Crippen molar-refractivity contribution in [1.29, 1.82) is 0 Å². The van der Waals surface area contributed by atoms with E-state index in [1.807, 2.05) is 11.3 Å². The van der Waals surface area contributed by atoms with E-state index in [1.54, 1.807) is 11.1 Å². The summed E-state index contributed by atoms with van der Waals surface area (Å²) in [5.74, 6) is 0. The first-order chi connectivity index (χ1) is 8.75. The molecule has 3 rings (SSSR count). The molecule has 0 amide bonds. The molecule has 0 N–H and O–H groups in total. The molecular formula is C16H19NS. The number of rotatable bonds is 2. The number of likely N-dealkylation sites (N-methyl/N-ethyl adjacent to an activating group) is 1. The van der Waals surface area contributed by atoms with Crippen molar-refractivity contribution < 1.29 is 0 Å². The minimum Gasteiger partial charge on any atom is -0.306 e. The van der Waals surface area contributed by atoms with Crippen molar-refractivity contribution >= 4 is 11.3 Å². The molecule has 1 aliphatic carbocycles. The summed E-state index contributed by atoms with van der Waals surface area (Å²) in [6.07, 6.45) is 3.69. The van der Waals surface area contributed by atoms with Crippen LogP contribution in [0.3, 0.4) is 0 Å². The van der Waals surface area contributed by atoms with Crippen molar-refractivity contribution in [3.8, 4) is 10.4 Å². The zero-order valence-electron chi connectivity index (χ0n) is 11.0. The van der Waals surface area contributed by atoms with Gasteiger partial charge in [0.25, 0.3) is 0 Å². The van der Waals surface area contributed by atoms with Gasteiger partial charge in [0, 0.05) is 10.9 Å². The Bertz CT molecular complexity index is 528. The Balaban J connectivity index is 1.99. The van der Waals surface area contributed by atoms with E-state index < -0.39 is 0 Å². The number of hydrogen-bond donors (Lipinski definition) is 0. The normalized spacial score (nSPS) is 18.9. The van der Waals surface area contributed by atoms with Crippen LogP contribution in [-0.2, 0) is 12.8 Å². The molecule has 0 spiro atoms. The molecule has 1 aliphatic rings. The van der Waals surface area contributed by atoms with E-state index in [2.05, 4.69) is 54.7 Å². The van der Waals surface area contributed by atoms with Crippen LogP contribution < -0.4 is 0 Å². The third-order valence-electron chi connectivity index (χ3n) is 3.97. The molecule has 0 aliphatic heterocycles. The standard InChI is InChI=1S/C16H19NS/c1-17(2)13-8-9-14-12(11-13)5-3-6-15(14)16-7-4-10-18-16/h3-7,10,13H,8-9,11H2,1-2H3/t13-/m1/s1. The second kappa shape index (κ2) is 4.87. The van der Waals surface area contributed by atoms with Gasteiger partial charge < -0.3 is 4.90 Å². The Kier molecular flexibility index (Phi) is 3.23. The van der Waals surface area contributed by atoms with Gasteiger partial charge in [-0.2, -0.15) is 0 Å². The van der Waals surface area contributed by atoms with Gasteiger partial charge in [-0.15, -0.1) is 11.3 Å². The molecule has 2 aromatic rings. The second-order valence-corrected chi connectivity index (χ2v) is 6.23. The van der Waals surface area contributed by atoms with Crippen LogP contribution >= 0.6 is 11.3 Å². The zero-order valence-corrected chi connectivity index (χ0v) is 11.8. The van der Waals surface area contributed by atoms with Crippen LogP contribution in [-0.4, -0.2) is 25.0 Å². The van der Waals surface area contributed by atoms with Gasteiger partial charge in [0.15, 0.2) is 0 Å². The van der Waals surface area contributed by atoms with Crippen molar-refractivity contribution in [3.63, 3.8) is 0 Å². The van der Waals surface area contributed by atoms with Crippen molar-refractivity contribution in [2.45, 2.75) is 25.3 Å². The summed E-state index contributed by atoms with van der Waals surface area (Å²) in [7, 11) is 4.39. The molecule has 0 unspecified atom stereocenters. The minimum atomic E-state index is 0.705. The maximum absolute atomic E-state index is 2.36. The molecule has 1 atom stereocenters. The molecule has 1 nitrogen and oxygen atoms in total. The van der Waals surface area contributed by atoms with Crippen LogP contribution in [0.15, 0.2) is 35.7 Å². The van der Waals surface area contributed by atoms with E-state index in [9.17, 15) is 0 Å². The van der Waals surface area contributed by atoms with E-state index in [0.717, 1.165) is 0 Å². The van der Waals surface area contributed by atoms with E-state index in [1.165, 1.54) is 29.7 Å². The third-order valence-corrected chi connectivity index (χ3v) is 4.88. The lowest BCUT2D eigenvalue weighted by Crippen LogP contribution is -2.33. The molecule has 94 valence electrons. The monoisotopic (exact) mass is 257 g/mol. The zero-order chi connectivity index (χ0) is 12.5. The Morgan fingerprint density at radius 1 is 1.17 bits per heavy atom. The average Bonchev–Trinajstić information content (AvgIpc) is 2.91. The number of hydrogen-bond acceptors (Lipinski definition) is 2. The molecule has 0 fully saturated rings. The molecule has 0 saturated carbocycles. The van der Waals surface area contributed by atoms with Gasteiger partial charge in [-0.05, 0) is 61.5 Å². The van der Waals surface area contributed by atoms with Crippen LogP contribution in [0.2, 0.25) is 0 Å². The van der Waals surface area contributed by atoms with E-state index in [0.29, 0.717) is 6.04 Å². The molecular weight excluding hydrogens is 238 g/mol. The summed E-state index contributed by atoms with van der Waals surface area (Å²) >= 11 is 1.85. The highest BCUT2D eigenvalue weighted by Crippen LogP contribution is 2.34. The Hall–Kier alpha value is -1.12. The highest BCUT2D eigenvalue weighted by Gasteiger charge is 2.22. The average molecular weight is 257 g/mol. The molecule has 0 bridgehead atoms. The molecule has 18 heavy (non-hydrogen) atoms. The predicted molar refractivity (Wildman–Crippen MR) is 79.3 cm³/mol. The first-order valence-electron chi connectivity index (χ1n) is 6.57. The smallest absolute Gasteiger partial charge is 0.0345 e. The van der Waals surface area contributed by atoms with Crippen molar-refractivity contribution in [2.75, 3.05) is 14.1 Å². The van der Waals surface area contributed by atoms with Crippen LogP contribution in [0.1, 0.15) is 17.5 Å². The SMILES string of the molecule is CN(C)[C@@H]1CCc2c(cccc2-c2cccs2)C1. The molecule has 0 radical (unpaired) electrons. The highest BCUT2D eigenvalue weighted by atomic mass is 32.1. The second-order valence-electron chi connectivity index (χ2n) is 5.28. The molecule has 0 saturated heterocycles. The van der Waals surface area contributed by atoms with Gasteiger partial charge in [0.2, 0.25) is 0 Å². The van der Waals surface area contributed by atoms with Gasteiger partial charge in [0.1, 0.15) is 0 Å². The topological polar surface area (TPSA) is 3.24 Å². The van der Waals surface area contributed by atoms with Gasteiger partial charge in [-0.25, -0.2) is 0 Å². The minimum absolute atomic E-state index is 0.705. The lowest BCUT2D eigenvalue weighted by Gasteiger charge is -2.30. The summed E-state index contributed by atoms with van der Waals surface area (Å²) < 4.78 is 0. The summed E-state index contributed by atoms with van der Waals surface area (Å²) in [5.41, 5.74) is 4.59. The maximum atomic E-state index is 2.36. The first-order valence-corrected chi connectivity index (χ1v) is 7.45. The quantitative estimate of drug-likeness (QED) is 0.790. The van der Waals surface area contributed by atoms with Gasteiger partial charge in [-0.3, -0.25) is 0 Å². The van der Waals surface area contributed by atoms with Gasteiger partial charge in [-0.1, -0.05) is 24.3 Å². The number of benzene rings is 1. The lowest BCUT2D eigenvalue weighted by atomic mass is 9.84. The molecule has 1 heterocycles. The fourth-order valence-corrected chi connectivity index (χ4v) is 3.67. The van der Waals surface area contributed by atoms with Crippen molar-refractivity contribution in [1.82, 2.24) is 4.90 Å². The molecule has 1 aromatic heterocycles. The first kappa shape index (κ1) is 11.9. The maximum Gasteiger partial charge on any atom is 0.0345 e. The highest BCUT2D eigenvalue weighted by molar-refractivity contribution is 7.13. The van der Waals surface area contributed by atoms with E-state index in [4.69, 9.17) is 0 Å². The fraction of sp³-hybridized carbons (Fsp3) is 0.375. The van der Waals surface area contributed by atoms with Crippen LogP contribution in [0.5, 0.6) is 0 Å². The molecule has 2 heteroatoms. The summed E-state index contributed by atoms with van der Waals surface area (Å²) in [6, 6.07) is 11.9. The Labute approximate surface area is 113 Å². The number of nitrogens with zero attached hydrogens (tertiary/aromatic N) is 1. The summed E-state index contributed by atoms with van der Waals surface area (Å²) in [4.78, 5) is 3.77. The summed E-state index contributed by atoms with van der Waals surface area (Å²) in [5, 5.41) is 2.17. The van der Waals surface area contributed by atoms with Gasteiger partial charge in [0.05, 0.1) is 0 Å². The van der Waals surface area contributed by atoms with Crippen molar-refractivity contribution in [2.24, 2.45) is 0 Å². The van der Waals surface area contributed by atoms with E-state index in [-0.39, 0.29) is 0 Å². The van der Waals surface area contributed by atoms with Crippen LogP contribution in [0.4, 0.5) is 0 Å². The van der Waals surface area contributed by atoms with Crippen LogP contribution in [0.25, 0.3) is 10.4 Å². The third kappa shape index (κ3) is 2.11. The Morgan fingerprint density at radius 2 is 2.06 bits per heavy atom. The van der Waals surface area contributed by atoms with Crippen LogP contribution in [0, 0.1) is 0 Å². The lowest BCUT2D eigenvalue weighted by molar-refractivity contribution is 0.268. The summed E-state index contributed by atoms with van der Waals surface area (Å²) in [6.45, 7) is 0. The number of thiophene rings is 1. The Morgan fingerprint density at radius 3 is 2.78 bits per heavy atom.